The van der Waals surface area contributed by atoms with Gasteiger partial charge in [-0.2, -0.15) is 0 Å². The molecular formula is C15H16N2O2S2. The number of hydrogen-bond donors (Lipinski definition) is 2. The summed E-state index contributed by atoms with van der Waals surface area (Å²) in [6.45, 7) is 3.80. The van der Waals surface area contributed by atoms with E-state index in [0.29, 0.717) is 11.3 Å². The van der Waals surface area contributed by atoms with E-state index in [9.17, 15) is 8.42 Å². The van der Waals surface area contributed by atoms with E-state index in [1.54, 1.807) is 18.2 Å². The summed E-state index contributed by atoms with van der Waals surface area (Å²) in [5, 5.41) is 0. The Balaban J connectivity index is 2.41. The predicted molar refractivity (Wildman–Crippen MR) is 89.1 cm³/mol. The molecule has 3 N–H and O–H groups in total. The van der Waals surface area contributed by atoms with E-state index in [2.05, 4.69) is 4.72 Å². The number of thiocarbonyl (C=S) groups is 1. The van der Waals surface area contributed by atoms with Crippen LogP contribution in [0.3, 0.4) is 0 Å². The molecule has 0 aliphatic rings. The lowest BCUT2D eigenvalue weighted by atomic mass is 10.1. The summed E-state index contributed by atoms with van der Waals surface area (Å²) in [6.07, 6.45) is 0. The monoisotopic (exact) mass is 320 g/mol. The Morgan fingerprint density at radius 2 is 1.81 bits per heavy atom. The molecule has 0 aliphatic carbocycles. The van der Waals surface area contributed by atoms with Gasteiger partial charge in [0.1, 0.15) is 4.99 Å². The largest absolute Gasteiger partial charge is 0.389 e. The van der Waals surface area contributed by atoms with Crippen LogP contribution in [-0.4, -0.2) is 13.4 Å². The molecule has 0 bridgehead atoms. The lowest BCUT2D eigenvalue weighted by Gasteiger charge is -2.12. The van der Waals surface area contributed by atoms with Crippen molar-refractivity contribution >= 4 is 32.9 Å². The minimum Gasteiger partial charge on any atom is -0.389 e. The summed E-state index contributed by atoms with van der Waals surface area (Å²) in [4.78, 5) is 0.299. The number of nitrogens with one attached hydrogen (secondary N) is 1. The lowest BCUT2D eigenvalue weighted by molar-refractivity contribution is 0.601. The number of rotatable bonds is 4. The Bertz CT molecular complexity index is 799. The van der Waals surface area contributed by atoms with Gasteiger partial charge in [0, 0.05) is 5.56 Å². The number of hydrogen-bond acceptors (Lipinski definition) is 3. The molecule has 21 heavy (non-hydrogen) atoms. The van der Waals surface area contributed by atoms with Crippen LogP contribution < -0.4 is 10.5 Å². The van der Waals surface area contributed by atoms with Crippen LogP contribution in [0, 0.1) is 13.8 Å². The van der Waals surface area contributed by atoms with Gasteiger partial charge in [0.25, 0.3) is 10.0 Å². The number of nitrogens with two attached hydrogens (primary N) is 1. The summed E-state index contributed by atoms with van der Waals surface area (Å²) < 4.78 is 27.5. The second-order valence-corrected chi connectivity index (χ2v) is 6.87. The topological polar surface area (TPSA) is 72.2 Å². The molecule has 0 aliphatic heterocycles. The highest BCUT2D eigenvalue weighted by Crippen LogP contribution is 2.22. The molecule has 2 aromatic carbocycles. The fourth-order valence-corrected chi connectivity index (χ4v) is 3.18. The van der Waals surface area contributed by atoms with Gasteiger partial charge in [-0.15, -0.1) is 0 Å². The van der Waals surface area contributed by atoms with Crippen LogP contribution in [0.5, 0.6) is 0 Å². The molecular weight excluding hydrogens is 304 g/mol. The third kappa shape index (κ3) is 3.40. The van der Waals surface area contributed by atoms with Gasteiger partial charge in [-0.25, -0.2) is 8.42 Å². The average molecular weight is 320 g/mol. The molecule has 110 valence electrons. The summed E-state index contributed by atoms with van der Waals surface area (Å²) in [5.74, 6) is 0. The van der Waals surface area contributed by atoms with Crippen molar-refractivity contribution in [2.75, 3.05) is 4.72 Å². The quantitative estimate of drug-likeness (QED) is 0.850. The molecule has 2 rings (SSSR count). The summed E-state index contributed by atoms with van der Waals surface area (Å²) in [6, 6.07) is 11.7. The predicted octanol–water partition coefficient (Wildman–Crippen LogP) is 2.74. The summed E-state index contributed by atoms with van der Waals surface area (Å²) in [7, 11) is -3.67. The number of sulfonamides is 1. The highest BCUT2D eigenvalue weighted by Gasteiger charge is 2.16. The second-order valence-electron chi connectivity index (χ2n) is 4.75. The average Bonchev–Trinajstić information content (AvgIpc) is 2.44. The highest BCUT2D eigenvalue weighted by molar-refractivity contribution is 7.92. The Hall–Kier alpha value is -1.92. The third-order valence-electron chi connectivity index (χ3n) is 3.28. The van der Waals surface area contributed by atoms with Crippen molar-refractivity contribution in [2.24, 2.45) is 5.73 Å². The zero-order valence-electron chi connectivity index (χ0n) is 11.8. The van der Waals surface area contributed by atoms with Crippen molar-refractivity contribution in [1.82, 2.24) is 0 Å². The molecule has 6 heteroatoms. The molecule has 0 heterocycles. The summed E-state index contributed by atoms with van der Waals surface area (Å²) >= 11 is 4.87. The maximum atomic E-state index is 12.4. The van der Waals surface area contributed by atoms with Gasteiger partial charge in [0.05, 0.1) is 10.6 Å². The van der Waals surface area contributed by atoms with E-state index in [-0.39, 0.29) is 9.88 Å². The fourth-order valence-electron chi connectivity index (χ4n) is 1.88. The first-order valence-corrected chi connectivity index (χ1v) is 8.19. The Labute approximate surface area is 130 Å². The molecule has 0 amide bonds. The first kappa shape index (κ1) is 15.5. The van der Waals surface area contributed by atoms with Gasteiger partial charge in [0.15, 0.2) is 0 Å². The van der Waals surface area contributed by atoms with E-state index >= 15 is 0 Å². The first-order chi connectivity index (χ1) is 9.81. The van der Waals surface area contributed by atoms with Crippen molar-refractivity contribution in [3.63, 3.8) is 0 Å². The van der Waals surface area contributed by atoms with E-state index in [1.165, 1.54) is 12.1 Å². The van der Waals surface area contributed by atoms with Gasteiger partial charge in [-0.3, -0.25) is 4.72 Å². The minimum absolute atomic E-state index is 0.133. The van der Waals surface area contributed by atoms with Crippen LogP contribution in [0.4, 0.5) is 5.69 Å². The zero-order valence-corrected chi connectivity index (χ0v) is 13.4. The molecule has 0 atom stereocenters. The van der Waals surface area contributed by atoms with Crippen LogP contribution >= 0.6 is 12.2 Å². The van der Waals surface area contributed by atoms with E-state index < -0.39 is 10.0 Å². The Morgan fingerprint density at radius 1 is 1.14 bits per heavy atom. The number of anilines is 1. The second kappa shape index (κ2) is 5.83. The SMILES string of the molecule is Cc1cccc(NS(=O)(=O)c2cccc(C(N)=S)c2)c1C. The first-order valence-electron chi connectivity index (χ1n) is 6.30. The van der Waals surface area contributed by atoms with Crippen molar-refractivity contribution in [1.29, 1.82) is 0 Å². The van der Waals surface area contributed by atoms with Crippen LogP contribution in [0.25, 0.3) is 0 Å². The van der Waals surface area contributed by atoms with Gasteiger partial charge in [0.2, 0.25) is 0 Å². The summed E-state index contributed by atoms with van der Waals surface area (Å²) in [5.41, 5.74) is 8.54. The normalized spacial score (nSPS) is 11.1. The maximum Gasteiger partial charge on any atom is 0.261 e. The van der Waals surface area contributed by atoms with Crippen molar-refractivity contribution in [3.05, 3.63) is 59.2 Å². The molecule has 0 aromatic heterocycles. The van der Waals surface area contributed by atoms with Crippen LogP contribution in [-0.2, 0) is 10.0 Å². The van der Waals surface area contributed by atoms with E-state index in [0.717, 1.165) is 11.1 Å². The van der Waals surface area contributed by atoms with Crippen molar-refractivity contribution < 1.29 is 8.42 Å². The zero-order chi connectivity index (χ0) is 15.6. The van der Waals surface area contributed by atoms with Gasteiger partial charge in [-0.1, -0.05) is 36.5 Å². The van der Waals surface area contributed by atoms with Crippen LogP contribution in [0.15, 0.2) is 47.4 Å². The molecule has 0 spiro atoms. The van der Waals surface area contributed by atoms with Crippen molar-refractivity contribution in [3.8, 4) is 0 Å². The van der Waals surface area contributed by atoms with Gasteiger partial charge in [-0.05, 0) is 43.2 Å². The highest BCUT2D eigenvalue weighted by atomic mass is 32.2. The molecule has 0 radical (unpaired) electrons. The van der Waals surface area contributed by atoms with Crippen LogP contribution in [0.1, 0.15) is 16.7 Å². The maximum absolute atomic E-state index is 12.4. The van der Waals surface area contributed by atoms with Gasteiger partial charge >= 0.3 is 0 Å². The number of aryl methyl sites for hydroxylation is 1. The molecule has 0 saturated carbocycles. The molecule has 0 fully saturated rings. The van der Waals surface area contributed by atoms with Crippen LogP contribution in [0.2, 0.25) is 0 Å². The van der Waals surface area contributed by atoms with E-state index in [1.807, 2.05) is 26.0 Å². The molecule has 0 saturated heterocycles. The molecule has 0 unspecified atom stereocenters. The number of benzene rings is 2. The third-order valence-corrected chi connectivity index (χ3v) is 4.88. The smallest absolute Gasteiger partial charge is 0.261 e. The standard InChI is InChI=1S/C15H16N2O2S2/c1-10-5-3-8-14(11(10)2)17-21(18,19)13-7-4-6-12(9-13)15(16)20/h3-9,17H,1-2H3,(H2,16,20). The molecule has 4 nitrogen and oxygen atoms in total. The molecule has 2 aromatic rings. The fraction of sp³-hybridized carbons (Fsp3) is 0.133. The Morgan fingerprint density at radius 3 is 2.48 bits per heavy atom. The lowest BCUT2D eigenvalue weighted by Crippen LogP contribution is -2.16. The van der Waals surface area contributed by atoms with Crippen molar-refractivity contribution in [2.45, 2.75) is 18.7 Å². The van der Waals surface area contributed by atoms with Gasteiger partial charge < -0.3 is 5.73 Å². The minimum atomic E-state index is -3.67. The Kier molecular flexibility index (Phi) is 4.29. The van der Waals surface area contributed by atoms with E-state index in [4.69, 9.17) is 18.0 Å².